The zero-order valence-electron chi connectivity index (χ0n) is 15.0. The van der Waals surface area contributed by atoms with E-state index in [1.54, 1.807) is 24.3 Å². The lowest BCUT2D eigenvalue weighted by atomic mass is 9.86. The SMILES string of the molecule is CC1[C]C(Cc2ccc(NC(=O)c3cccc(C#N)c3)cc2)COC1C. The summed E-state index contributed by atoms with van der Waals surface area (Å²) in [5.74, 6) is 0.423. The van der Waals surface area contributed by atoms with E-state index in [-0.39, 0.29) is 12.0 Å². The van der Waals surface area contributed by atoms with Crippen molar-refractivity contribution < 1.29 is 9.53 Å². The zero-order chi connectivity index (χ0) is 18.5. The number of amides is 1. The summed E-state index contributed by atoms with van der Waals surface area (Å²) in [5.41, 5.74) is 2.87. The molecule has 1 fully saturated rings. The molecule has 1 saturated heterocycles. The highest BCUT2D eigenvalue weighted by Crippen LogP contribution is 2.26. The third-order valence-corrected chi connectivity index (χ3v) is 4.71. The Morgan fingerprint density at radius 2 is 2.04 bits per heavy atom. The van der Waals surface area contributed by atoms with Crippen LogP contribution >= 0.6 is 0 Å². The summed E-state index contributed by atoms with van der Waals surface area (Å²) >= 11 is 0. The van der Waals surface area contributed by atoms with Crippen molar-refractivity contribution in [2.75, 3.05) is 11.9 Å². The summed E-state index contributed by atoms with van der Waals surface area (Å²) in [5, 5.41) is 11.8. The number of rotatable bonds is 4. The minimum atomic E-state index is -0.222. The molecule has 0 saturated carbocycles. The molecule has 0 spiro atoms. The van der Waals surface area contributed by atoms with Gasteiger partial charge in [-0.2, -0.15) is 5.26 Å². The molecule has 26 heavy (non-hydrogen) atoms. The van der Waals surface area contributed by atoms with Crippen LogP contribution < -0.4 is 5.32 Å². The van der Waals surface area contributed by atoms with Gasteiger partial charge >= 0.3 is 0 Å². The highest BCUT2D eigenvalue weighted by Gasteiger charge is 2.25. The first-order valence-corrected chi connectivity index (χ1v) is 8.83. The van der Waals surface area contributed by atoms with Gasteiger partial charge in [0.15, 0.2) is 0 Å². The Balaban J connectivity index is 1.59. The van der Waals surface area contributed by atoms with Gasteiger partial charge < -0.3 is 10.1 Å². The van der Waals surface area contributed by atoms with Crippen molar-refractivity contribution in [3.05, 3.63) is 71.6 Å². The lowest BCUT2D eigenvalue weighted by Gasteiger charge is -2.31. The smallest absolute Gasteiger partial charge is 0.255 e. The van der Waals surface area contributed by atoms with Crippen molar-refractivity contribution >= 4 is 11.6 Å². The molecule has 3 rings (SSSR count). The van der Waals surface area contributed by atoms with Crippen molar-refractivity contribution in [3.63, 3.8) is 0 Å². The Morgan fingerprint density at radius 1 is 1.27 bits per heavy atom. The molecule has 1 aliphatic heterocycles. The number of benzene rings is 2. The van der Waals surface area contributed by atoms with E-state index >= 15 is 0 Å². The molecule has 1 aliphatic rings. The summed E-state index contributed by atoms with van der Waals surface area (Å²) in [6.45, 7) is 4.92. The largest absolute Gasteiger partial charge is 0.378 e. The average molecular weight is 346 g/mol. The van der Waals surface area contributed by atoms with Crippen LogP contribution in [0.3, 0.4) is 0 Å². The molecule has 4 heteroatoms. The number of carbonyl (C=O) groups excluding carboxylic acids is 1. The monoisotopic (exact) mass is 346 g/mol. The van der Waals surface area contributed by atoms with Gasteiger partial charge in [0.2, 0.25) is 0 Å². The maximum Gasteiger partial charge on any atom is 0.255 e. The molecule has 3 unspecified atom stereocenters. The molecule has 0 aliphatic carbocycles. The highest BCUT2D eigenvalue weighted by molar-refractivity contribution is 6.04. The van der Waals surface area contributed by atoms with Crippen LogP contribution in [0.15, 0.2) is 48.5 Å². The van der Waals surface area contributed by atoms with E-state index in [0.29, 0.717) is 29.6 Å². The maximum atomic E-state index is 12.3. The average Bonchev–Trinajstić information content (AvgIpc) is 2.66. The number of ether oxygens (including phenoxy) is 1. The summed E-state index contributed by atoms with van der Waals surface area (Å²) in [4.78, 5) is 12.3. The first kappa shape index (κ1) is 18.2. The standard InChI is InChI=1S/C22H22N2O2/c1-15-10-19(14-26-16(15)2)11-17-6-8-21(9-7-17)24-22(25)20-5-3-4-18(12-20)13-23/h3-9,12,15-16,19H,11,14H2,1-2H3,(H,24,25). The molecule has 0 bridgehead atoms. The number of hydrogen-bond donors (Lipinski definition) is 1. The van der Waals surface area contributed by atoms with Crippen LogP contribution in [0.2, 0.25) is 0 Å². The van der Waals surface area contributed by atoms with Gasteiger partial charge in [-0.1, -0.05) is 25.1 Å². The minimum absolute atomic E-state index is 0.222. The number of carbonyl (C=O) groups is 1. The number of nitriles is 1. The van der Waals surface area contributed by atoms with E-state index in [9.17, 15) is 4.79 Å². The summed E-state index contributed by atoms with van der Waals surface area (Å²) < 4.78 is 5.78. The van der Waals surface area contributed by atoms with Gasteiger partial charge in [-0.05, 0) is 67.5 Å². The van der Waals surface area contributed by atoms with Crippen molar-refractivity contribution in [1.29, 1.82) is 5.26 Å². The predicted molar refractivity (Wildman–Crippen MR) is 101 cm³/mol. The third kappa shape index (κ3) is 4.50. The third-order valence-electron chi connectivity index (χ3n) is 4.71. The second kappa shape index (κ2) is 8.16. The van der Waals surface area contributed by atoms with Gasteiger partial charge in [-0.15, -0.1) is 0 Å². The van der Waals surface area contributed by atoms with Crippen LogP contribution in [0.25, 0.3) is 0 Å². The Kier molecular flexibility index (Phi) is 5.70. The first-order valence-electron chi connectivity index (χ1n) is 8.83. The van der Waals surface area contributed by atoms with Crippen LogP contribution in [0.5, 0.6) is 0 Å². The minimum Gasteiger partial charge on any atom is -0.378 e. The molecule has 4 nitrogen and oxygen atoms in total. The zero-order valence-corrected chi connectivity index (χ0v) is 15.0. The molecular weight excluding hydrogens is 324 g/mol. The number of nitrogens with zero attached hydrogens (tertiary/aromatic N) is 1. The second-order valence-corrected chi connectivity index (χ2v) is 6.74. The fourth-order valence-corrected chi connectivity index (χ4v) is 3.03. The van der Waals surface area contributed by atoms with Crippen LogP contribution in [-0.2, 0) is 11.2 Å². The van der Waals surface area contributed by atoms with Gasteiger partial charge in [-0.25, -0.2) is 0 Å². The fourth-order valence-electron chi connectivity index (χ4n) is 3.03. The topological polar surface area (TPSA) is 62.1 Å². The number of nitrogens with one attached hydrogen (secondary N) is 1. The molecular formula is C22H22N2O2. The normalized spacial score (nSPS) is 22.4. The van der Waals surface area contributed by atoms with E-state index in [0.717, 1.165) is 12.1 Å². The molecule has 2 aromatic carbocycles. The lowest BCUT2D eigenvalue weighted by molar-refractivity contribution is -0.0112. The van der Waals surface area contributed by atoms with Crippen molar-refractivity contribution in [1.82, 2.24) is 0 Å². The van der Waals surface area contributed by atoms with Crippen LogP contribution in [0.4, 0.5) is 5.69 Å². The molecule has 132 valence electrons. The molecule has 0 aromatic heterocycles. The summed E-state index contributed by atoms with van der Waals surface area (Å²) in [6, 6.07) is 16.5. The van der Waals surface area contributed by atoms with Gasteiger partial charge in [-0.3, -0.25) is 4.79 Å². The fraction of sp³-hybridized carbons (Fsp3) is 0.318. The first-order chi connectivity index (χ1) is 12.5. The second-order valence-electron chi connectivity index (χ2n) is 6.74. The molecule has 2 aromatic rings. The molecule has 1 amide bonds. The van der Waals surface area contributed by atoms with E-state index < -0.39 is 0 Å². The molecule has 3 atom stereocenters. The van der Waals surface area contributed by atoms with Gasteiger partial charge in [0.1, 0.15) is 0 Å². The van der Waals surface area contributed by atoms with E-state index in [1.807, 2.05) is 30.3 Å². The lowest BCUT2D eigenvalue weighted by Crippen LogP contribution is -2.32. The van der Waals surface area contributed by atoms with E-state index in [2.05, 4.69) is 25.6 Å². The van der Waals surface area contributed by atoms with Crippen LogP contribution in [0, 0.1) is 29.6 Å². The quantitative estimate of drug-likeness (QED) is 0.906. The van der Waals surface area contributed by atoms with Crippen LogP contribution in [-0.4, -0.2) is 18.6 Å². The summed E-state index contributed by atoms with van der Waals surface area (Å²) in [7, 11) is 0. The van der Waals surface area contributed by atoms with E-state index in [4.69, 9.17) is 10.00 Å². The van der Waals surface area contributed by atoms with Crippen molar-refractivity contribution in [2.45, 2.75) is 26.4 Å². The molecule has 2 radical (unpaired) electrons. The Hall–Kier alpha value is -2.64. The van der Waals surface area contributed by atoms with Crippen molar-refractivity contribution in [2.24, 2.45) is 11.8 Å². The Bertz CT molecular complexity index is 808. The predicted octanol–water partition coefficient (Wildman–Crippen LogP) is 4.11. The van der Waals surface area contributed by atoms with Gasteiger partial charge in [0.25, 0.3) is 5.91 Å². The van der Waals surface area contributed by atoms with E-state index in [1.165, 1.54) is 5.56 Å². The highest BCUT2D eigenvalue weighted by atomic mass is 16.5. The van der Waals surface area contributed by atoms with Gasteiger partial charge in [0.05, 0.1) is 24.3 Å². The molecule has 1 heterocycles. The van der Waals surface area contributed by atoms with Gasteiger partial charge in [0, 0.05) is 11.3 Å². The number of anilines is 1. The Morgan fingerprint density at radius 3 is 2.73 bits per heavy atom. The summed E-state index contributed by atoms with van der Waals surface area (Å²) in [6.07, 6.45) is 4.70. The number of hydrogen-bond acceptors (Lipinski definition) is 3. The van der Waals surface area contributed by atoms with Crippen molar-refractivity contribution in [3.8, 4) is 6.07 Å². The maximum absolute atomic E-state index is 12.3. The Labute approximate surface area is 154 Å². The van der Waals surface area contributed by atoms with Crippen LogP contribution in [0.1, 0.15) is 35.3 Å². The molecule has 1 N–H and O–H groups in total.